The van der Waals surface area contributed by atoms with Crippen molar-refractivity contribution in [2.45, 2.75) is 101 Å². The van der Waals surface area contributed by atoms with Crippen LogP contribution in [0.4, 0.5) is 5.69 Å². The number of methoxy groups -OCH3 is 2. The van der Waals surface area contributed by atoms with Gasteiger partial charge >= 0.3 is 0 Å². The second-order valence-electron chi connectivity index (χ2n) is 12.1. The summed E-state index contributed by atoms with van der Waals surface area (Å²) in [7, 11) is -0.695. The first-order valence-electron chi connectivity index (χ1n) is 15.9. The second kappa shape index (κ2) is 16.1. The monoisotopic (exact) mass is 641 g/mol. The smallest absolute Gasteiger partial charge is 0.249 e. The van der Waals surface area contributed by atoms with Gasteiger partial charge in [-0.2, -0.15) is 0 Å². The molecule has 2 fully saturated rings. The number of aryl methyl sites for hydroxylation is 1. The second-order valence-corrected chi connectivity index (χ2v) is 13.8. The Morgan fingerprint density at radius 1 is 0.933 bits per heavy atom. The summed E-state index contributed by atoms with van der Waals surface area (Å²) in [5.41, 5.74) is 7.98. The lowest BCUT2D eigenvalue weighted by atomic mass is 9.84. The van der Waals surface area contributed by atoms with Crippen molar-refractivity contribution in [2.24, 2.45) is 16.6 Å². The number of carbonyl (C=O) groups excluding carboxylic acids is 2. The summed E-state index contributed by atoms with van der Waals surface area (Å²) in [5, 5.41) is 5.51. The van der Waals surface area contributed by atoms with Crippen LogP contribution in [0.1, 0.15) is 81.8 Å². The van der Waals surface area contributed by atoms with Crippen LogP contribution >= 0.6 is 0 Å². The van der Waals surface area contributed by atoms with Gasteiger partial charge in [0.15, 0.2) is 17.5 Å². The fourth-order valence-electron chi connectivity index (χ4n) is 6.15. The largest absolute Gasteiger partial charge is 0.493 e. The maximum absolute atomic E-state index is 13.7. The highest BCUT2D eigenvalue weighted by Gasteiger charge is 2.27. The van der Waals surface area contributed by atoms with Crippen molar-refractivity contribution in [1.82, 2.24) is 10.0 Å². The van der Waals surface area contributed by atoms with Gasteiger partial charge in [0, 0.05) is 11.7 Å². The van der Waals surface area contributed by atoms with Crippen LogP contribution in [0.2, 0.25) is 0 Å². The van der Waals surface area contributed by atoms with Crippen molar-refractivity contribution in [3.63, 3.8) is 0 Å². The van der Waals surface area contributed by atoms with Crippen molar-refractivity contribution in [2.75, 3.05) is 19.5 Å². The minimum absolute atomic E-state index is 0.0193. The number of ether oxygens (including phenoxy) is 2. The van der Waals surface area contributed by atoms with Gasteiger partial charge in [0.05, 0.1) is 25.5 Å². The highest BCUT2D eigenvalue weighted by molar-refractivity contribution is 7.89. The fraction of sp³-hybridized carbons (Fsp3) is 0.545. The van der Waals surface area contributed by atoms with Gasteiger partial charge in [-0.3, -0.25) is 14.9 Å². The number of anilines is 1. The molecule has 1 atom stereocenters. The molecule has 0 bridgehead atoms. The van der Waals surface area contributed by atoms with E-state index in [2.05, 4.69) is 20.3 Å². The number of carbonyl (C=O) groups is 2. The lowest BCUT2D eigenvalue weighted by Crippen LogP contribution is -2.40. The first-order chi connectivity index (χ1) is 21.6. The number of guanidine groups is 1. The Morgan fingerprint density at radius 3 is 2.27 bits per heavy atom. The third kappa shape index (κ3) is 9.92. The molecule has 2 aromatic carbocycles. The number of rotatable bonds is 12. The molecular formula is C33H47N5O6S. The zero-order chi connectivity index (χ0) is 32.4. The summed E-state index contributed by atoms with van der Waals surface area (Å²) >= 11 is 0. The Balaban J connectivity index is 1.48. The summed E-state index contributed by atoms with van der Waals surface area (Å²) in [5.74, 6) is 0.404. The number of nitrogens with zero attached hydrogens (tertiary/aromatic N) is 1. The van der Waals surface area contributed by atoms with E-state index in [0.717, 1.165) is 63.4 Å². The van der Waals surface area contributed by atoms with Gasteiger partial charge in [0.2, 0.25) is 21.8 Å². The highest BCUT2D eigenvalue weighted by atomic mass is 32.2. The van der Waals surface area contributed by atoms with Crippen LogP contribution < -0.4 is 30.6 Å². The normalized spacial score (nSPS) is 17.4. The van der Waals surface area contributed by atoms with Crippen molar-refractivity contribution < 1.29 is 27.5 Å². The van der Waals surface area contributed by atoms with Crippen LogP contribution in [0.25, 0.3) is 0 Å². The standard InChI is InChI=1S/C33H47N5O6S/c1-22-14-16-26(45(41,42)38-25-12-8-5-9-13-25)21-27(22)35-32(40)28(18-23-10-6-4-7-11-23)36-33(34)37-31(39)20-24-15-17-29(43-2)30(19-24)44-3/h14-17,19,21,23,25,28,38H,4-13,18,20H2,1-3H3,(H,35,40)(H3,34,36,37,39)/t28-/m1/s1. The van der Waals surface area contributed by atoms with Crippen LogP contribution in [0.15, 0.2) is 46.3 Å². The molecule has 2 amide bonds. The van der Waals surface area contributed by atoms with Gasteiger partial charge in [-0.15, -0.1) is 0 Å². The molecule has 12 heteroatoms. The summed E-state index contributed by atoms with van der Waals surface area (Å²) in [6, 6.07) is 8.98. The van der Waals surface area contributed by atoms with Gasteiger partial charge < -0.3 is 20.5 Å². The molecule has 246 valence electrons. The predicted molar refractivity (Wildman–Crippen MR) is 175 cm³/mol. The van der Waals surface area contributed by atoms with E-state index in [1.807, 2.05) is 6.92 Å². The van der Waals surface area contributed by atoms with E-state index in [9.17, 15) is 18.0 Å². The Labute approximate surface area is 266 Å². The SMILES string of the molecule is COc1ccc(CC(=O)NC(N)=N[C@H](CC2CCCCC2)C(=O)Nc2cc(S(=O)(=O)NC3CCCCC3)ccc2C)cc1OC. The van der Waals surface area contributed by atoms with E-state index >= 15 is 0 Å². The molecule has 0 aromatic heterocycles. The lowest BCUT2D eigenvalue weighted by molar-refractivity contribution is -0.119. The fourth-order valence-corrected chi connectivity index (χ4v) is 7.48. The molecule has 2 aliphatic rings. The van der Waals surface area contributed by atoms with Gasteiger partial charge in [-0.25, -0.2) is 18.1 Å². The van der Waals surface area contributed by atoms with Crippen LogP contribution in [-0.4, -0.2) is 52.5 Å². The molecule has 2 saturated carbocycles. The molecule has 0 spiro atoms. The van der Waals surface area contributed by atoms with Crippen molar-refractivity contribution in [3.05, 3.63) is 47.5 Å². The number of amides is 2. The lowest BCUT2D eigenvalue weighted by Gasteiger charge is -2.25. The van der Waals surface area contributed by atoms with Gasteiger partial charge in [-0.05, 0) is 67.5 Å². The number of nitrogens with one attached hydrogen (secondary N) is 3. The van der Waals surface area contributed by atoms with Gasteiger partial charge in [0.25, 0.3) is 0 Å². The Kier molecular flexibility index (Phi) is 12.2. The number of hydrogen-bond acceptors (Lipinski definition) is 7. The quantitative estimate of drug-likeness (QED) is 0.195. The molecule has 45 heavy (non-hydrogen) atoms. The highest BCUT2D eigenvalue weighted by Crippen LogP contribution is 2.30. The maximum atomic E-state index is 13.7. The minimum atomic E-state index is -3.76. The zero-order valence-corrected chi connectivity index (χ0v) is 27.4. The molecule has 11 nitrogen and oxygen atoms in total. The first-order valence-corrected chi connectivity index (χ1v) is 17.3. The summed E-state index contributed by atoms with van der Waals surface area (Å²) < 4.78 is 39.8. The van der Waals surface area contributed by atoms with Crippen molar-refractivity contribution in [1.29, 1.82) is 0 Å². The van der Waals surface area contributed by atoms with E-state index < -0.39 is 22.0 Å². The van der Waals surface area contributed by atoms with Crippen LogP contribution in [0.5, 0.6) is 11.5 Å². The maximum Gasteiger partial charge on any atom is 0.249 e. The number of nitrogens with two attached hydrogens (primary N) is 1. The van der Waals surface area contributed by atoms with E-state index in [1.165, 1.54) is 26.7 Å². The minimum Gasteiger partial charge on any atom is -0.493 e. The Morgan fingerprint density at radius 2 is 1.60 bits per heavy atom. The van der Waals surface area contributed by atoms with Crippen molar-refractivity contribution >= 4 is 33.5 Å². The average Bonchev–Trinajstić information content (AvgIpc) is 3.02. The van der Waals surface area contributed by atoms with Crippen LogP contribution in [0, 0.1) is 12.8 Å². The average molecular weight is 642 g/mol. The van der Waals surface area contributed by atoms with E-state index in [0.29, 0.717) is 35.1 Å². The Bertz CT molecular complexity index is 1470. The van der Waals surface area contributed by atoms with E-state index in [4.69, 9.17) is 15.2 Å². The molecule has 2 aromatic rings. The number of benzene rings is 2. The van der Waals surface area contributed by atoms with E-state index in [1.54, 1.807) is 30.3 Å². The molecule has 0 unspecified atom stereocenters. The Hall–Kier alpha value is -3.64. The molecule has 0 heterocycles. The molecule has 5 N–H and O–H groups in total. The van der Waals surface area contributed by atoms with Crippen molar-refractivity contribution in [3.8, 4) is 11.5 Å². The number of sulfonamides is 1. The van der Waals surface area contributed by atoms with E-state index in [-0.39, 0.29) is 29.2 Å². The van der Waals surface area contributed by atoms with Gasteiger partial charge in [-0.1, -0.05) is 63.5 Å². The zero-order valence-electron chi connectivity index (χ0n) is 26.6. The topological polar surface area (TPSA) is 161 Å². The third-order valence-corrected chi connectivity index (χ3v) is 10.2. The summed E-state index contributed by atoms with van der Waals surface area (Å²) in [6.45, 7) is 1.81. The predicted octanol–water partition coefficient (Wildman–Crippen LogP) is 4.57. The van der Waals surface area contributed by atoms with Gasteiger partial charge in [0.1, 0.15) is 6.04 Å². The molecule has 0 aliphatic heterocycles. The summed E-state index contributed by atoms with van der Waals surface area (Å²) in [6.07, 6.45) is 10.6. The third-order valence-electron chi connectivity index (χ3n) is 8.66. The first kappa shape index (κ1) is 34.2. The molecule has 4 rings (SSSR count). The molecule has 0 radical (unpaired) electrons. The summed E-state index contributed by atoms with van der Waals surface area (Å²) in [4.78, 5) is 31.1. The number of hydrogen-bond donors (Lipinski definition) is 4. The van der Waals surface area contributed by atoms with Crippen LogP contribution in [-0.2, 0) is 26.0 Å². The van der Waals surface area contributed by atoms with Crippen LogP contribution in [0.3, 0.4) is 0 Å². The molecule has 0 saturated heterocycles. The molecular weight excluding hydrogens is 594 g/mol. The molecule has 2 aliphatic carbocycles. The number of aliphatic imine (C=N–C) groups is 1.